The van der Waals surface area contributed by atoms with E-state index in [4.69, 9.17) is 0 Å². The van der Waals surface area contributed by atoms with Crippen LogP contribution in [0.3, 0.4) is 0 Å². The predicted octanol–water partition coefficient (Wildman–Crippen LogP) is 2.64. The van der Waals surface area contributed by atoms with Gasteiger partial charge in [0.15, 0.2) is 0 Å². The minimum atomic E-state index is 0.173. The van der Waals surface area contributed by atoms with Gasteiger partial charge in [-0.3, -0.25) is 9.98 Å². The first-order valence-corrected chi connectivity index (χ1v) is 4.59. The van der Waals surface area contributed by atoms with Crippen LogP contribution in [0.5, 0.6) is 0 Å². The molecule has 0 N–H and O–H groups in total. The fourth-order valence-corrected chi connectivity index (χ4v) is 1.68. The Labute approximate surface area is 78.7 Å². The summed E-state index contributed by atoms with van der Waals surface area (Å²) in [6.07, 6.45) is 6.73. The molecule has 0 aliphatic carbocycles. The molecule has 68 valence electrons. The van der Waals surface area contributed by atoms with Gasteiger partial charge in [0.2, 0.25) is 0 Å². The van der Waals surface area contributed by atoms with Gasteiger partial charge in [-0.2, -0.15) is 0 Å². The highest BCUT2D eigenvalue weighted by molar-refractivity contribution is 5.76. The molecule has 0 aromatic carbocycles. The lowest BCUT2D eigenvalue weighted by Gasteiger charge is -2.21. The van der Waals surface area contributed by atoms with Crippen molar-refractivity contribution < 1.29 is 0 Å². The number of pyridine rings is 1. The number of hydrogen-bond acceptors (Lipinski definition) is 2. The molecule has 1 aliphatic heterocycles. The fraction of sp³-hybridized carbons (Fsp3) is 0.455. The van der Waals surface area contributed by atoms with Gasteiger partial charge in [-0.1, -0.05) is 20.8 Å². The quantitative estimate of drug-likeness (QED) is 0.593. The summed E-state index contributed by atoms with van der Waals surface area (Å²) in [4.78, 5) is 8.49. The van der Waals surface area contributed by atoms with Crippen LogP contribution in [0.2, 0.25) is 0 Å². The van der Waals surface area contributed by atoms with E-state index in [9.17, 15) is 0 Å². The molecule has 2 heteroatoms. The standard InChI is InChI=1S/C11H14N2/c1-11(2,3)9-6-12-7-10-8(9)4-5-13-10/h5-7H,4H2,1-3H3. The molecule has 0 saturated heterocycles. The highest BCUT2D eigenvalue weighted by Gasteiger charge is 2.21. The molecule has 0 atom stereocenters. The van der Waals surface area contributed by atoms with Crippen LogP contribution >= 0.6 is 0 Å². The molecular formula is C11H14N2. The number of aromatic nitrogens is 1. The van der Waals surface area contributed by atoms with Crippen molar-refractivity contribution in [3.8, 4) is 0 Å². The van der Waals surface area contributed by atoms with Crippen LogP contribution in [0.15, 0.2) is 17.4 Å². The topological polar surface area (TPSA) is 25.2 Å². The van der Waals surface area contributed by atoms with Crippen LogP contribution in [0.1, 0.15) is 31.9 Å². The van der Waals surface area contributed by atoms with Crippen molar-refractivity contribution in [2.45, 2.75) is 32.6 Å². The first-order chi connectivity index (χ1) is 6.09. The summed E-state index contributed by atoms with van der Waals surface area (Å²) in [6, 6.07) is 0. The second kappa shape index (κ2) is 2.66. The Morgan fingerprint density at radius 2 is 2.00 bits per heavy atom. The minimum Gasteiger partial charge on any atom is -0.262 e. The van der Waals surface area contributed by atoms with Gasteiger partial charge >= 0.3 is 0 Å². The Balaban J connectivity index is 2.57. The second-order valence-corrected chi connectivity index (χ2v) is 4.45. The number of aliphatic imine (C=N–C) groups is 1. The normalized spacial score (nSPS) is 14.7. The molecule has 2 rings (SSSR count). The molecule has 2 nitrogen and oxygen atoms in total. The highest BCUT2D eigenvalue weighted by Crippen LogP contribution is 2.33. The SMILES string of the molecule is CC(C)(C)c1cncc2c1CC=N2. The van der Waals surface area contributed by atoms with E-state index in [1.807, 2.05) is 18.6 Å². The Hall–Kier alpha value is -1.18. The third-order valence-electron chi connectivity index (χ3n) is 2.37. The summed E-state index contributed by atoms with van der Waals surface area (Å²) in [5.74, 6) is 0. The Kier molecular flexibility index (Phi) is 1.72. The third kappa shape index (κ3) is 1.37. The number of nitrogens with zero attached hydrogens (tertiary/aromatic N) is 2. The average Bonchev–Trinajstić information content (AvgIpc) is 2.48. The first-order valence-electron chi connectivity index (χ1n) is 4.59. The van der Waals surface area contributed by atoms with Crippen LogP contribution in [0.4, 0.5) is 5.69 Å². The molecule has 0 unspecified atom stereocenters. The van der Waals surface area contributed by atoms with Crippen LogP contribution in [0, 0.1) is 0 Å². The monoisotopic (exact) mass is 174 g/mol. The summed E-state index contributed by atoms with van der Waals surface area (Å²) < 4.78 is 0. The van der Waals surface area contributed by atoms with Gasteiger partial charge in [0.25, 0.3) is 0 Å². The number of rotatable bonds is 0. The van der Waals surface area contributed by atoms with E-state index < -0.39 is 0 Å². The van der Waals surface area contributed by atoms with Gasteiger partial charge in [-0.05, 0) is 16.5 Å². The largest absolute Gasteiger partial charge is 0.262 e. The maximum Gasteiger partial charge on any atom is 0.0847 e. The van der Waals surface area contributed by atoms with E-state index in [1.165, 1.54) is 11.1 Å². The van der Waals surface area contributed by atoms with Gasteiger partial charge < -0.3 is 0 Å². The van der Waals surface area contributed by atoms with Crippen molar-refractivity contribution >= 4 is 11.9 Å². The molecule has 0 radical (unpaired) electrons. The van der Waals surface area contributed by atoms with Crippen molar-refractivity contribution in [3.05, 3.63) is 23.5 Å². The number of hydrogen-bond donors (Lipinski definition) is 0. The molecule has 0 fully saturated rings. The van der Waals surface area contributed by atoms with Gasteiger partial charge in [0.1, 0.15) is 0 Å². The lowest BCUT2D eigenvalue weighted by molar-refractivity contribution is 0.583. The molecule has 1 aliphatic rings. The van der Waals surface area contributed by atoms with E-state index in [0.717, 1.165) is 12.1 Å². The zero-order valence-electron chi connectivity index (χ0n) is 8.33. The Morgan fingerprint density at radius 1 is 1.23 bits per heavy atom. The van der Waals surface area contributed by atoms with Gasteiger partial charge in [-0.15, -0.1) is 0 Å². The molecule has 0 amide bonds. The summed E-state index contributed by atoms with van der Waals surface area (Å²) >= 11 is 0. The molecule has 0 saturated carbocycles. The average molecular weight is 174 g/mol. The second-order valence-electron chi connectivity index (χ2n) is 4.45. The molecule has 0 bridgehead atoms. The van der Waals surface area contributed by atoms with Crippen LogP contribution < -0.4 is 0 Å². The highest BCUT2D eigenvalue weighted by atomic mass is 14.8. The molecule has 1 aromatic heterocycles. The summed E-state index contributed by atoms with van der Waals surface area (Å²) in [5, 5.41) is 0. The van der Waals surface area contributed by atoms with Crippen LogP contribution in [0.25, 0.3) is 0 Å². The van der Waals surface area contributed by atoms with E-state index in [1.54, 1.807) is 0 Å². The van der Waals surface area contributed by atoms with E-state index in [2.05, 4.69) is 30.7 Å². The zero-order valence-corrected chi connectivity index (χ0v) is 8.33. The van der Waals surface area contributed by atoms with Crippen molar-refractivity contribution in [2.75, 3.05) is 0 Å². The number of fused-ring (bicyclic) bond motifs is 1. The van der Waals surface area contributed by atoms with Gasteiger partial charge in [-0.25, -0.2) is 0 Å². The lowest BCUT2D eigenvalue weighted by atomic mass is 9.84. The minimum absolute atomic E-state index is 0.173. The van der Waals surface area contributed by atoms with Crippen molar-refractivity contribution in [1.82, 2.24) is 4.98 Å². The Morgan fingerprint density at radius 3 is 2.69 bits per heavy atom. The maximum atomic E-state index is 4.29. The molecule has 13 heavy (non-hydrogen) atoms. The predicted molar refractivity (Wildman–Crippen MR) is 54.8 cm³/mol. The summed E-state index contributed by atoms with van der Waals surface area (Å²) in [6.45, 7) is 6.63. The van der Waals surface area contributed by atoms with E-state index in [0.29, 0.717) is 0 Å². The first kappa shape index (κ1) is 8.42. The van der Waals surface area contributed by atoms with Crippen molar-refractivity contribution in [2.24, 2.45) is 4.99 Å². The summed E-state index contributed by atoms with van der Waals surface area (Å²) in [5.41, 5.74) is 3.89. The Bertz CT molecular complexity index is 359. The maximum absolute atomic E-state index is 4.29. The fourth-order valence-electron chi connectivity index (χ4n) is 1.68. The van der Waals surface area contributed by atoms with Crippen molar-refractivity contribution in [3.63, 3.8) is 0 Å². The zero-order chi connectivity index (χ0) is 9.47. The third-order valence-corrected chi connectivity index (χ3v) is 2.37. The van der Waals surface area contributed by atoms with Gasteiger partial charge in [0, 0.05) is 18.8 Å². The van der Waals surface area contributed by atoms with Crippen molar-refractivity contribution in [1.29, 1.82) is 0 Å². The van der Waals surface area contributed by atoms with Crippen LogP contribution in [-0.2, 0) is 11.8 Å². The van der Waals surface area contributed by atoms with Crippen LogP contribution in [-0.4, -0.2) is 11.2 Å². The smallest absolute Gasteiger partial charge is 0.0847 e. The molecule has 0 spiro atoms. The van der Waals surface area contributed by atoms with E-state index in [-0.39, 0.29) is 5.41 Å². The molecule has 1 aromatic rings. The van der Waals surface area contributed by atoms with E-state index >= 15 is 0 Å². The molecular weight excluding hydrogens is 160 g/mol. The molecule has 2 heterocycles. The summed E-state index contributed by atoms with van der Waals surface area (Å²) in [7, 11) is 0. The van der Waals surface area contributed by atoms with Gasteiger partial charge in [0.05, 0.1) is 11.9 Å². The lowest BCUT2D eigenvalue weighted by Crippen LogP contribution is -2.14.